The third-order valence-electron chi connectivity index (χ3n) is 2.12. The van der Waals surface area contributed by atoms with Crippen LogP contribution in [0.1, 0.15) is 39.5 Å². The molecule has 0 aromatic rings. The van der Waals surface area contributed by atoms with Crippen LogP contribution in [0.3, 0.4) is 0 Å². The second kappa shape index (κ2) is 7.60. The van der Waals surface area contributed by atoms with E-state index in [4.69, 9.17) is 9.84 Å². The predicted octanol–water partition coefficient (Wildman–Crippen LogP) is 1.71. The van der Waals surface area contributed by atoms with Crippen LogP contribution in [-0.2, 0) is 19.1 Å². The molecule has 0 aliphatic heterocycles. The summed E-state index contributed by atoms with van der Waals surface area (Å²) in [5.41, 5.74) is 0.146. The highest BCUT2D eigenvalue weighted by Gasteiger charge is 2.12. The zero-order chi connectivity index (χ0) is 13.4. The molecular weight excluding hydrogens is 224 g/mol. The molecule has 0 aliphatic carbocycles. The number of carbonyl (C=O) groups is 3. The van der Waals surface area contributed by atoms with E-state index in [2.05, 4.69) is 6.58 Å². The van der Waals surface area contributed by atoms with E-state index in [1.165, 1.54) is 6.92 Å². The van der Waals surface area contributed by atoms with Crippen molar-refractivity contribution in [3.8, 4) is 0 Å². The van der Waals surface area contributed by atoms with Crippen LogP contribution in [-0.4, -0.2) is 28.9 Å². The SMILES string of the molecule is C=C(CCCC(C)OC(=O)CC(C)=O)C(=O)O. The van der Waals surface area contributed by atoms with Gasteiger partial charge >= 0.3 is 11.9 Å². The number of hydrogen-bond acceptors (Lipinski definition) is 4. The van der Waals surface area contributed by atoms with E-state index >= 15 is 0 Å². The average Bonchev–Trinajstić information content (AvgIpc) is 2.15. The van der Waals surface area contributed by atoms with Crippen LogP contribution in [0.25, 0.3) is 0 Å². The van der Waals surface area contributed by atoms with Crippen LogP contribution >= 0.6 is 0 Å². The standard InChI is InChI=1S/C12H18O5/c1-8(12(15)16)5-4-6-10(3)17-11(14)7-9(2)13/h10H,1,4-7H2,2-3H3,(H,15,16). The maximum atomic E-state index is 11.1. The first-order chi connectivity index (χ1) is 7.82. The van der Waals surface area contributed by atoms with Gasteiger partial charge in [-0.05, 0) is 33.1 Å². The molecule has 17 heavy (non-hydrogen) atoms. The molecule has 1 unspecified atom stereocenters. The van der Waals surface area contributed by atoms with E-state index in [1.807, 2.05) is 0 Å². The molecule has 0 aromatic heterocycles. The minimum absolute atomic E-state index is 0.146. The van der Waals surface area contributed by atoms with Gasteiger partial charge in [0.05, 0.1) is 6.10 Å². The summed E-state index contributed by atoms with van der Waals surface area (Å²) in [7, 11) is 0. The fourth-order valence-electron chi connectivity index (χ4n) is 1.24. The Bertz CT molecular complexity index is 319. The molecule has 0 radical (unpaired) electrons. The zero-order valence-corrected chi connectivity index (χ0v) is 10.2. The van der Waals surface area contributed by atoms with Gasteiger partial charge in [-0.2, -0.15) is 0 Å². The summed E-state index contributed by atoms with van der Waals surface area (Å²) in [5.74, 6) is -1.78. The molecule has 0 saturated heterocycles. The summed E-state index contributed by atoms with van der Waals surface area (Å²) in [6, 6.07) is 0. The molecule has 1 atom stereocenters. The van der Waals surface area contributed by atoms with Crippen LogP contribution in [0.15, 0.2) is 12.2 Å². The summed E-state index contributed by atoms with van der Waals surface area (Å²) < 4.78 is 4.97. The van der Waals surface area contributed by atoms with Gasteiger partial charge in [0.25, 0.3) is 0 Å². The summed E-state index contributed by atoms with van der Waals surface area (Å²) >= 11 is 0. The van der Waals surface area contributed by atoms with Crippen molar-refractivity contribution in [2.75, 3.05) is 0 Å². The molecule has 0 fully saturated rings. The van der Waals surface area contributed by atoms with Gasteiger partial charge in [-0.25, -0.2) is 4.79 Å². The third kappa shape index (κ3) is 8.19. The maximum absolute atomic E-state index is 11.1. The highest BCUT2D eigenvalue weighted by Crippen LogP contribution is 2.10. The van der Waals surface area contributed by atoms with Crippen LogP contribution in [0.4, 0.5) is 0 Å². The van der Waals surface area contributed by atoms with E-state index in [0.717, 1.165) is 0 Å². The van der Waals surface area contributed by atoms with Gasteiger partial charge in [0, 0.05) is 5.57 Å². The van der Waals surface area contributed by atoms with Crippen molar-refractivity contribution in [1.82, 2.24) is 0 Å². The molecule has 0 saturated carbocycles. The van der Waals surface area contributed by atoms with Crippen LogP contribution in [0.2, 0.25) is 0 Å². The Hall–Kier alpha value is -1.65. The van der Waals surface area contributed by atoms with Crippen molar-refractivity contribution in [2.24, 2.45) is 0 Å². The lowest BCUT2D eigenvalue weighted by Gasteiger charge is -2.12. The average molecular weight is 242 g/mol. The van der Waals surface area contributed by atoms with Crippen molar-refractivity contribution in [3.63, 3.8) is 0 Å². The highest BCUT2D eigenvalue weighted by molar-refractivity contribution is 5.94. The van der Waals surface area contributed by atoms with E-state index in [-0.39, 0.29) is 23.9 Å². The molecule has 0 aliphatic rings. The third-order valence-corrected chi connectivity index (χ3v) is 2.12. The van der Waals surface area contributed by atoms with Crippen molar-refractivity contribution < 1.29 is 24.2 Å². The lowest BCUT2D eigenvalue weighted by molar-refractivity contribution is -0.150. The number of Topliss-reactive ketones (excluding diaryl/α,β-unsaturated/α-hetero) is 1. The fraction of sp³-hybridized carbons (Fsp3) is 0.583. The van der Waals surface area contributed by atoms with Gasteiger partial charge in [-0.15, -0.1) is 0 Å². The van der Waals surface area contributed by atoms with Crippen molar-refractivity contribution in [1.29, 1.82) is 0 Å². The molecule has 0 bridgehead atoms. The Kier molecular flexibility index (Phi) is 6.86. The van der Waals surface area contributed by atoms with Gasteiger partial charge in [-0.1, -0.05) is 6.58 Å². The van der Waals surface area contributed by atoms with Gasteiger partial charge in [-0.3, -0.25) is 9.59 Å². The molecule has 5 nitrogen and oxygen atoms in total. The van der Waals surface area contributed by atoms with E-state index in [1.54, 1.807) is 6.92 Å². The smallest absolute Gasteiger partial charge is 0.330 e. The van der Waals surface area contributed by atoms with Gasteiger partial charge in [0.15, 0.2) is 0 Å². The lowest BCUT2D eigenvalue weighted by atomic mass is 10.1. The quantitative estimate of drug-likeness (QED) is 0.398. The molecule has 96 valence electrons. The van der Waals surface area contributed by atoms with E-state index < -0.39 is 11.9 Å². The molecule has 0 rings (SSSR count). The Morgan fingerprint density at radius 3 is 2.41 bits per heavy atom. The number of carbonyl (C=O) groups excluding carboxylic acids is 2. The van der Waals surface area contributed by atoms with Crippen LogP contribution in [0, 0.1) is 0 Å². The van der Waals surface area contributed by atoms with E-state index in [0.29, 0.717) is 19.3 Å². The summed E-state index contributed by atoms with van der Waals surface area (Å²) in [6.45, 7) is 6.43. The van der Waals surface area contributed by atoms with Crippen LogP contribution < -0.4 is 0 Å². The molecule has 5 heteroatoms. The second-order valence-electron chi connectivity index (χ2n) is 3.98. The summed E-state index contributed by atoms with van der Waals surface area (Å²) in [5, 5.41) is 8.57. The van der Waals surface area contributed by atoms with Gasteiger partial charge < -0.3 is 9.84 Å². The minimum Gasteiger partial charge on any atom is -0.478 e. The molecular formula is C12H18O5. The number of carboxylic acids is 1. The lowest BCUT2D eigenvalue weighted by Crippen LogP contribution is -2.17. The number of hydrogen-bond donors (Lipinski definition) is 1. The number of ether oxygens (including phenoxy) is 1. The minimum atomic E-state index is -1.01. The van der Waals surface area contributed by atoms with Crippen molar-refractivity contribution in [2.45, 2.75) is 45.6 Å². The number of aliphatic carboxylic acids is 1. The largest absolute Gasteiger partial charge is 0.478 e. The number of rotatable bonds is 8. The number of ketones is 1. The molecule has 1 N–H and O–H groups in total. The maximum Gasteiger partial charge on any atom is 0.330 e. The normalized spacial score (nSPS) is 11.6. The Morgan fingerprint density at radius 2 is 1.94 bits per heavy atom. The fourth-order valence-corrected chi connectivity index (χ4v) is 1.24. The monoisotopic (exact) mass is 242 g/mol. The Morgan fingerprint density at radius 1 is 1.35 bits per heavy atom. The molecule has 0 amide bonds. The first-order valence-electron chi connectivity index (χ1n) is 5.43. The molecule has 0 aromatic carbocycles. The van der Waals surface area contributed by atoms with Gasteiger partial charge in [0.2, 0.25) is 0 Å². The van der Waals surface area contributed by atoms with Gasteiger partial charge in [0.1, 0.15) is 12.2 Å². The number of esters is 1. The highest BCUT2D eigenvalue weighted by atomic mass is 16.5. The zero-order valence-electron chi connectivity index (χ0n) is 10.2. The molecule has 0 heterocycles. The van der Waals surface area contributed by atoms with E-state index in [9.17, 15) is 14.4 Å². The molecule has 0 spiro atoms. The predicted molar refractivity (Wildman–Crippen MR) is 61.5 cm³/mol. The summed E-state index contributed by atoms with van der Waals surface area (Å²) in [4.78, 5) is 32.2. The number of carboxylic acid groups (broad SMARTS) is 1. The van der Waals surface area contributed by atoms with Crippen molar-refractivity contribution in [3.05, 3.63) is 12.2 Å². The van der Waals surface area contributed by atoms with Crippen molar-refractivity contribution >= 4 is 17.7 Å². The van der Waals surface area contributed by atoms with Crippen LogP contribution in [0.5, 0.6) is 0 Å². The summed E-state index contributed by atoms with van der Waals surface area (Å²) in [6.07, 6.45) is 0.967. The Balaban J connectivity index is 3.76. The second-order valence-corrected chi connectivity index (χ2v) is 3.98. The topological polar surface area (TPSA) is 80.7 Å². The first kappa shape index (κ1) is 15.3. The first-order valence-corrected chi connectivity index (χ1v) is 5.43. The Labute approximate surface area is 100 Å².